The van der Waals surface area contributed by atoms with Crippen molar-refractivity contribution in [2.24, 2.45) is 0 Å². The topological polar surface area (TPSA) is 82.7 Å². The quantitative estimate of drug-likeness (QED) is 0.481. The normalized spacial score (nSPS) is 13.3. The van der Waals surface area contributed by atoms with Gasteiger partial charge in [-0.15, -0.1) is 0 Å². The molecule has 1 aliphatic heterocycles. The second-order valence-corrected chi connectivity index (χ2v) is 7.85. The van der Waals surface area contributed by atoms with Gasteiger partial charge >= 0.3 is 6.03 Å². The van der Waals surface area contributed by atoms with Gasteiger partial charge in [0.25, 0.3) is 5.91 Å². The van der Waals surface area contributed by atoms with Gasteiger partial charge in [0.15, 0.2) is 0 Å². The van der Waals surface area contributed by atoms with Crippen LogP contribution in [0.5, 0.6) is 0 Å². The summed E-state index contributed by atoms with van der Waals surface area (Å²) in [5.74, 6) is -2.50. The van der Waals surface area contributed by atoms with Crippen molar-refractivity contribution in [3.63, 3.8) is 0 Å². The number of carbonyl (C=O) groups excluding carboxylic acids is 2. The van der Waals surface area contributed by atoms with Crippen LogP contribution in [0.3, 0.4) is 0 Å². The maximum absolute atomic E-state index is 14.0. The molecule has 0 unspecified atom stereocenters. The number of halogens is 3. The van der Waals surface area contributed by atoms with Crippen molar-refractivity contribution in [3.05, 3.63) is 89.2 Å². The highest BCUT2D eigenvalue weighted by atomic mass is 19.1. The number of hydrogen-bond donors (Lipinski definition) is 3. The van der Waals surface area contributed by atoms with Crippen LogP contribution in [0.2, 0.25) is 0 Å². The molecule has 4 rings (SSSR count). The molecule has 0 radical (unpaired) electrons. The Morgan fingerprint density at radius 1 is 0.857 bits per heavy atom. The Balaban J connectivity index is 1.53. The number of nitrogens with zero attached hydrogens (tertiary/aromatic N) is 1. The molecule has 0 bridgehead atoms. The molecule has 7 nitrogen and oxygen atoms in total. The van der Waals surface area contributed by atoms with Crippen LogP contribution in [0.15, 0.2) is 60.7 Å². The van der Waals surface area contributed by atoms with Gasteiger partial charge in [0.05, 0.1) is 30.3 Å². The van der Waals surface area contributed by atoms with Crippen molar-refractivity contribution in [1.29, 1.82) is 0 Å². The van der Waals surface area contributed by atoms with E-state index < -0.39 is 29.4 Å². The molecule has 0 aliphatic carbocycles. The number of amides is 3. The van der Waals surface area contributed by atoms with Gasteiger partial charge in [0, 0.05) is 31.3 Å². The Labute approximate surface area is 199 Å². The maximum atomic E-state index is 14.0. The van der Waals surface area contributed by atoms with Gasteiger partial charge in [-0.1, -0.05) is 12.1 Å². The monoisotopic (exact) mass is 484 g/mol. The first-order valence-electron chi connectivity index (χ1n) is 10.9. The van der Waals surface area contributed by atoms with Crippen LogP contribution in [0.4, 0.5) is 35.0 Å². The third-order valence-corrected chi connectivity index (χ3v) is 5.38. The Bertz CT molecular complexity index is 1230. The second-order valence-electron chi connectivity index (χ2n) is 7.85. The summed E-state index contributed by atoms with van der Waals surface area (Å²) in [4.78, 5) is 27.4. The van der Waals surface area contributed by atoms with Crippen LogP contribution >= 0.6 is 0 Å². The van der Waals surface area contributed by atoms with E-state index in [1.165, 1.54) is 18.2 Å². The zero-order valence-electron chi connectivity index (χ0n) is 18.6. The maximum Gasteiger partial charge on any atom is 0.323 e. The van der Waals surface area contributed by atoms with Gasteiger partial charge in [0.2, 0.25) is 0 Å². The third-order valence-electron chi connectivity index (χ3n) is 5.38. The fraction of sp³-hybridized carbons (Fsp3) is 0.200. The van der Waals surface area contributed by atoms with Crippen LogP contribution in [0.1, 0.15) is 15.9 Å². The summed E-state index contributed by atoms with van der Waals surface area (Å²) < 4.78 is 45.9. The average Bonchev–Trinajstić information content (AvgIpc) is 2.85. The van der Waals surface area contributed by atoms with Crippen molar-refractivity contribution in [2.45, 2.75) is 6.54 Å². The summed E-state index contributed by atoms with van der Waals surface area (Å²) in [6, 6.07) is 12.8. The molecule has 1 aliphatic rings. The van der Waals surface area contributed by atoms with Gasteiger partial charge in [-0.2, -0.15) is 0 Å². The number of nitrogens with one attached hydrogen (secondary N) is 3. The average molecular weight is 484 g/mol. The number of carbonyl (C=O) groups is 2. The van der Waals surface area contributed by atoms with Crippen molar-refractivity contribution < 1.29 is 27.5 Å². The fourth-order valence-corrected chi connectivity index (χ4v) is 3.66. The highest BCUT2D eigenvalue weighted by Crippen LogP contribution is 2.29. The molecule has 1 fully saturated rings. The van der Waals surface area contributed by atoms with Crippen LogP contribution in [-0.2, 0) is 11.3 Å². The molecule has 3 aromatic carbocycles. The minimum Gasteiger partial charge on any atom is -0.378 e. The largest absolute Gasteiger partial charge is 0.378 e. The molecule has 0 aromatic heterocycles. The highest BCUT2D eigenvalue weighted by Gasteiger charge is 2.19. The standard InChI is InChI=1S/C25H23F3N4O3/c26-18-3-1-2-16(12-18)15-29-24(33)17-4-7-23(32-8-10-35-11-9-32)22(13-17)31-25(34)30-21-6-5-19(27)14-20(21)28/h1-7,12-14H,8-11,15H2,(H,29,33)(H2,30,31,34). The molecule has 1 saturated heterocycles. The molecular weight excluding hydrogens is 461 g/mol. The van der Waals surface area contributed by atoms with Crippen molar-refractivity contribution in [2.75, 3.05) is 41.8 Å². The Morgan fingerprint density at radius 3 is 2.34 bits per heavy atom. The summed E-state index contributed by atoms with van der Waals surface area (Å²) in [6.45, 7) is 2.28. The van der Waals surface area contributed by atoms with E-state index in [0.29, 0.717) is 49.3 Å². The van der Waals surface area contributed by atoms with Crippen LogP contribution in [0.25, 0.3) is 0 Å². The van der Waals surface area contributed by atoms with E-state index in [-0.39, 0.29) is 17.8 Å². The third kappa shape index (κ3) is 6.30. The van der Waals surface area contributed by atoms with Gasteiger partial charge in [-0.25, -0.2) is 18.0 Å². The Hall–Kier alpha value is -4.05. The lowest BCUT2D eigenvalue weighted by Gasteiger charge is -2.30. The molecule has 3 N–H and O–H groups in total. The molecule has 1 heterocycles. The van der Waals surface area contributed by atoms with Gasteiger partial charge in [0.1, 0.15) is 17.5 Å². The van der Waals surface area contributed by atoms with E-state index in [9.17, 15) is 22.8 Å². The number of morpholine rings is 1. The zero-order valence-corrected chi connectivity index (χ0v) is 18.6. The summed E-state index contributed by atoms with van der Waals surface area (Å²) in [7, 11) is 0. The smallest absolute Gasteiger partial charge is 0.323 e. The van der Waals surface area contributed by atoms with E-state index in [0.717, 1.165) is 12.1 Å². The summed E-state index contributed by atoms with van der Waals surface area (Å²) in [6.07, 6.45) is 0. The lowest BCUT2D eigenvalue weighted by molar-refractivity contribution is 0.0950. The summed E-state index contributed by atoms with van der Waals surface area (Å²) >= 11 is 0. The van der Waals surface area contributed by atoms with E-state index in [2.05, 4.69) is 16.0 Å². The minimum absolute atomic E-state index is 0.120. The lowest BCUT2D eigenvalue weighted by atomic mass is 10.1. The van der Waals surface area contributed by atoms with Gasteiger partial charge in [-0.3, -0.25) is 4.79 Å². The second kappa shape index (κ2) is 10.9. The summed E-state index contributed by atoms with van der Waals surface area (Å²) in [5, 5.41) is 7.72. The SMILES string of the molecule is O=C(Nc1ccc(F)cc1F)Nc1cc(C(=O)NCc2cccc(F)c2)ccc1N1CCOCC1. The van der Waals surface area contributed by atoms with E-state index in [1.807, 2.05) is 4.90 Å². The number of ether oxygens (including phenoxy) is 1. The number of urea groups is 1. The van der Waals surface area contributed by atoms with Crippen LogP contribution < -0.4 is 20.9 Å². The number of anilines is 3. The molecule has 10 heteroatoms. The first-order valence-corrected chi connectivity index (χ1v) is 10.9. The van der Waals surface area contributed by atoms with Crippen molar-refractivity contribution in [3.8, 4) is 0 Å². The Morgan fingerprint density at radius 2 is 1.60 bits per heavy atom. The first kappa shape index (κ1) is 24.1. The fourth-order valence-electron chi connectivity index (χ4n) is 3.66. The predicted octanol–water partition coefficient (Wildman–Crippen LogP) is 4.51. The molecule has 0 saturated carbocycles. The molecule has 3 aromatic rings. The summed E-state index contributed by atoms with van der Waals surface area (Å²) in [5.41, 5.74) is 1.65. The molecule has 3 amide bonds. The van der Waals surface area contributed by atoms with Gasteiger partial charge in [-0.05, 0) is 48.0 Å². The molecule has 0 spiro atoms. The van der Waals surface area contributed by atoms with Crippen LogP contribution in [-0.4, -0.2) is 38.2 Å². The highest BCUT2D eigenvalue weighted by molar-refractivity contribution is 6.04. The molecule has 35 heavy (non-hydrogen) atoms. The van der Waals surface area contributed by atoms with Crippen LogP contribution in [0, 0.1) is 17.5 Å². The van der Waals surface area contributed by atoms with Crippen molar-refractivity contribution in [1.82, 2.24) is 5.32 Å². The Kier molecular flexibility index (Phi) is 7.51. The predicted molar refractivity (Wildman–Crippen MR) is 126 cm³/mol. The van der Waals surface area contributed by atoms with E-state index in [4.69, 9.17) is 4.74 Å². The molecular formula is C25H23F3N4O3. The lowest BCUT2D eigenvalue weighted by Crippen LogP contribution is -2.37. The van der Waals surface area contributed by atoms with E-state index >= 15 is 0 Å². The molecule has 0 atom stereocenters. The van der Waals surface area contributed by atoms with Crippen molar-refractivity contribution >= 4 is 29.0 Å². The van der Waals surface area contributed by atoms with E-state index in [1.54, 1.807) is 24.3 Å². The number of benzene rings is 3. The number of hydrogen-bond acceptors (Lipinski definition) is 4. The molecule has 182 valence electrons. The van der Waals surface area contributed by atoms with Gasteiger partial charge < -0.3 is 25.6 Å². The minimum atomic E-state index is -0.918. The number of rotatable bonds is 6. The zero-order chi connectivity index (χ0) is 24.8. The first-order chi connectivity index (χ1) is 16.9.